The number of likely N-dealkylation sites (N-methyl/N-ethyl adjacent to an activating group) is 2. The summed E-state index contributed by atoms with van der Waals surface area (Å²) >= 11 is 0. The number of nitrogens with one attached hydrogen (secondary N) is 4. The van der Waals surface area contributed by atoms with Crippen LogP contribution in [0.15, 0.2) is 82.4 Å². The number of aliphatic carboxylic acids is 2. The molecular formula is C48H64F2N12O13. The van der Waals surface area contributed by atoms with Crippen LogP contribution in [0.1, 0.15) is 13.8 Å². The molecule has 408 valence electrons. The van der Waals surface area contributed by atoms with Crippen LogP contribution < -0.4 is 32.4 Å². The summed E-state index contributed by atoms with van der Waals surface area (Å²) in [6.07, 6.45) is -2.46. The maximum atomic E-state index is 14.3. The van der Waals surface area contributed by atoms with E-state index >= 15 is 0 Å². The molecule has 2 fully saturated rings. The Morgan fingerprint density at radius 3 is 1.17 bits per heavy atom. The first-order valence-electron chi connectivity index (χ1n) is 22.2. The number of nitrogens with two attached hydrogens (primary N) is 2. The molecule has 0 aliphatic carbocycles. The molecule has 2 unspecified atom stereocenters. The van der Waals surface area contributed by atoms with Gasteiger partial charge in [-0.2, -0.15) is 0 Å². The van der Waals surface area contributed by atoms with Gasteiger partial charge in [-0.25, -0.2) is 28.3 Å². The van der Waals surface area contributed by atoms with Gasteiger partial charge in [-0.05, 0) is 88.6 Å². The second-order valence-corrected chi connectivity index (χ2v) is 17.0. The highest BCUT2D eigenvalue weighted by Crippen LogP contribution is 2.33. The number of carboxylic acids is 2. The maximum absolute atomic E-state index is 14.3. The minimum Gasteiger partial charge on any atom is -0.479 e. The monoisotopic (exact) mass is 1050 g/mol. The molecule has 22 N–H and O–H groups in total. The molecule has 4 aromatic carbocycles. The maximum Gasteiger partial charge on any atom is 0.332 e. The Hall–Kier alpha value is -8.12. The highest BCUT2D eigenvalue weighted by atomic mass is 19.1. The predicted octanol–water partition coefficient (Wildman–Crippen LogP) is -0.131. The Morgan fingerprint density at radius 1 is 0.547 bits per heavy atom. The third-order valence-electron chi connectivity index (χ3n) is 11.9. The van der Waals surface area contributed by atoms with Gasteiger partial charge >= 0.3 is 11.9 Å². The summed E-state index contributed by atoms with van der Waals surface area (Å²) in [4.78, 5) is 74.3. The molecule has 75 heavy (non-hydrogen) atoms. The molecule has 25 nitrogen and oxygen atoms in total. The molecule has 0 saturated carbocycles. The average molecular weight is 1060 g/mol. The topological polar surface area (TPSA) is 461 Å². The highest BCUT2D eigenvalue weighted by molar-refractivity contribution is 5.99. The first kappa shape index (κ1) is 63.0. The number of nitrogens with zero attached hydrogens (tertiary/aromatic N) is 6. The normalized spacial score (nSPS) is 14.1. The Labute approximate surface area is 425 Å². The van der Waals surface area contributed by atoms with E-state index < -0.39 is 46.9 Å². The number of piperazine rings is 2. The van der Waals surface area contributed by atoms with Crippen LogP contribution >= 0.6 is 0 Å². The van der Waals surface area contributed by atoms with Gasteiger partial charge in [0.2, 0.25) is 0 Å². The van der Waals surface area contributed by atoms with E-state index in [2.05, 4.69) is 63.6 Å². The molecule has 2 atom stereocenters. The van der Waals surface area contributed by atoms with Crippen molar-refractivity contribution in [1.82, 2.24) is 39.7 Å². The molecule has 6 heterocycles. The van der Waals surface area contributed by atoms with Crippen molar-refractivity contribution in [3.63, 3.8) is 0 Å². The van der Waals surface area contributed by atoms with Crippen LogP contribution in [-0.4, -0.2) is 178 Å². The van der Waals surface area contributed by atoms with Crippen LogP contribution in [0.4, 0.5) is 31.5 Å². The van der Waals surface area contributed by atoms with Gasteiger partial charge in [0.15, 0.2) is 0 Å². The quantitative estimate of drug-likeness (QED) is 0.104. The first-order valence-corrected chi connectivity index (χ1v) is 22.2. The summed E-state index contributed by atoms with van der Waals surface area (Å²) in [6, 6.07) is 20.9. The van der Waals surface area contributed by atoms with Gasteiger partial charge in [0.25, 0.3) is 11.1 Å². The van der Waals surface area contributed by atoms with E-state index in [1.54, 1.807) is 12.1 Å². The second kappa shape index (κ2) is 26.7. The highest BCUT2D eigenvalue weighted by Gasteiger charge is 2.22. The van der Waals surface area contributed by atoms with Crippen molar-refractivity contribution in [2.45, 2.75) is 26.1 Å². The van der Waals surface area contributed by atoms with E-state index in [4.69, 9.17) is 31.9 Å². The van der Waals surface area contributed by atoms with Crippen LogP contribution in [0.3, 0.4) is 0 Å². The van der Waals surface area contributed by atoms with Crippen LogP contribution in [0, 0.1) is 11.6 Å². The van der Waals surface area contributed by atoms with Gasteiger partial charge in [0.05, 0.1) is 55.2 Å². The Morgan fingerprint density at radius 2 is 0.867 bits per heavy atom. The third-order valence-corrected chi connectivity index (χ3v) is 11.9. The van der Waals surface area contributed by atoms with Crippen LogP contribution in [0.25, 0.3) is 66.6 Å². The van der Waals surface area contributed by atoms with Crippen molar-refractivity contribution in [1.29, 1.82) is 0 Å². The van der Waals surface area contributed by atoms with E-state index in [9.17, 15) is 28.0 Å². The fourth-order valence-corrected chi connectivity index (χ4v) is 7.89. The number of pyridine rings is 2. The van der Waals surface area contributed by atoms with Crippen molar-refractivity contribution in [3.8, 4) is 22.8 Å². The molecule has 8 aromatic rings. The van der Waals surface area contributed by atoms with Gasteiger partial charge in [-0.3, -0.25) is 9.59 Å². The zero-order chi connectivity index (χ0) is 50.6. The number of aliphatic hydroxyl groups excluding tert-OH is 2. The zero-order valence-corrected chi connectivity index (χ0v) is 41.3. The number of rotatable bonds is 6. The fourth-order valence-electron chi connectivity index (χ4n) is 7.89. The molecule has 27 heteroatoms. The molecule has 2 aliphatic rings. The van der Waals surface area contributed by atoms with E-state index in [0.29, 0.717) is 22.7 Å². The van der Waals surface area contributed by atoms with Gasteiger partial charge in [-0.1, -0.05) is 12.1 Å². The smallest absolute Gasteiger partial charge is 0.332 e. The predicted molar refractivity (Wildman–Crippen MR) is 284 cm³/mol. The summed E-state index contributed by atoms with van der Waals surface area (Å²) in [5, 5.41) is 31.9. The minimum atomic E-state index is -1.23. The summed E-state index contributed by atoms with van der Waals surface area (Å²) in [7, 11) is 4.24. The SMILES string of the molecule is CC(O)C(=O)O.CC(O)C(=O)O.CN1CCN(c2ccc3nc(-c4c(N)c5c(F)cccc5[nH]c4=O)[nH]c3c2)CC1.CN1CCN(c2ccc3nc(-c4c(N)c5c(F)cccc5[nH]c4=O)[nH]c3c2)CC1.O.O.O.O.O. The number of halogens is 2. The van der Waals surface area contributed by atoms with E-state index in [1.165, 1.54) is 38.1 Å². The van der Waals surface area contributed by atoms with Gasteiger partial charge in [-0.15, -0.1) is 0 Å². The van der Waals surface area contributed by atoms with Gasteiger partial charge < -0.3 is 98.8 Å². The number of aromatic amines is 4. The number of imidazole rings is 2. The van der Waals surface area contributed by atoms with Crippen molar-refractivity contribution in [3.05, 3.63) is 105 Å². The average Bonchev–Trinajstić information content (AvgIpc) is 3.93. The minimum absolute atomic E-state index is 0. The molecule has 0 radical (unpaired) electrons. The summed E-state index contributed by atoms with van der Waals surface area (Å²) in [5.41, 5.74) is 18.1. The van der Waals surface area contributed by atoms with Crippen LogP contribution in [0.5, 0.6) is 0 Å². The lowest BCUT2D eigenvalue weighted by Gasteiger charge is -2.34. The number of anilines is 4. The molecule has 0 spiro atoms. The number of hydrogen-bond donors (Lipinski definition) is 10. The van der Waals surface area contributed by atoms with Crippen LogP contribution in [-0.2, 0) is 9.59 Å². The van der Waals surface area contributed by atoms with E-state index in [-0.39, 0.29) is 60.7 Å². The third kappa shape index (κ3) is 14.1. The standard InChI is InChI=1S/2C21H21FN6O.2C3H6O3.5H2O/c2*1-27-7-9-28(10-8-27)12-5-6-14-16(11-12)25-20(24-14)18-19(23)17-13(22)3-2-4-15(17)26-21(18)29;2*1-2(4)3(5)6;;;;;/h2*2-6,11H,7-10H2,1H3,(H,24,25)(H3,23,26,29);2*2,4H,1H3,(H,5,6);5*1H2. The van der Waals surface area contributed by atoms with E-state index in [1.807, 2.05) is 36.4 Å². The Balaban J connectivity index is 0.000000400. The fraction of sp³-hybridized carbons (Fsp3) is 0.292. The molecule has 0 bridgehead atoms. The number of fused-ring (bicyclic) bond motifs is 4. The summed E-state index contributed by atoms with van der Waals surface area (Å²) in [5.74, 6) is -2.67. The molecule has 0 amide bonds. The number of carboxylic acid groups (broad SMARTS) is 2. The molecule has 2 saturated heterocycles. The van der Waals surface area contributed by atoms with Gasteiger partial charge in [0.1, 0.15) is 46.6 Å². The number of nitrogen functional groups attached to an aromatic ring is 2. The first-order chi connectivity index (χ1) is 33.3. The molecule has 4 aromatic heterocycles. The Kier molecular flexibility index (Phi) is 22.4. The van der Waals surface area contributed by atoms with Gasteiger partial charge in [0, 0.05) is 63.7 Å². The largest absolute Gasteiger partial charge is 0.479 e. The zero-order valence-electron chi connectivity index (χ0n) is 41.3. The number of H-pyrrole nitrogens is 4. The van der Waals surface area contributed by atoms with Crippen molar-refractivity contribution in [2.24, 2.45) is 0 Å². The number of aromatic nitrogens is 6. The number of carbonyl (C=O) groups is 2. The van der Waals surface area contributed by atoms with E-state index in [0.717, 1.165) is 85.8 Å². The lowest BCUT2D eigenvalue weighted by Crippen LogP contribution is -2.44. The number of hydrogen-bond acceptors (Lipinski definition) is 14. The Bertz CT molecular complexity index is 3110. The molecular weight excluding hydrogens is 991 g/mol. The lowest BCUT2D eigenvalue weighted by atomic mass is 10.1. The number of aliphatic hydroxyl groups is 2. The summed E-state index contributed by atoms with van der Waals surface area (Å²) in [6.45, 7) is 10.3. The molecule has 2 aliphatic heterocycles. The van der Waals surface area contributed by atoms with Crippen molar-refractivity contribution >= 4 is 78.6 Å². The second-order valence-electron chi connectivity index (χ2n) is 17.0. The number of benzene rings is 4. The molecule has 10 rings (SSSR count). The van der Waals surface area contributed by atoms with Crippen molar-refractivity contribution in [2.75, 3.05) is 87.7 Å². The van der Waals surface area contributed by atoms with Crippen LogP contribution in [0.2, 0.25) is 0 Å². The van der Waals surface area contributed by atoms with Crippen molar-refractivity contribution < 1.29 is 66.2 Å². The lowest BCUT2D eigenvalue weighted by molar-refractivity contribution is -0.146. The summed E-state index contributed by atoms with van der Waals surface area (Å²) < 4.78 is 28.6.